The van der Waals surface area contributed by atoms with Crippen molar-refractivity contribution in [2.75, 3.05) is 0 Å². The molecule has 1 heteroatoms. The summed E-state index contributed by atoms with van der Waals surface area (Å²) >= 11 is 0. The Hall–Kier alpha value is -0.980. The molecule has 68 valence electrons. The Kier molecular flexibility index (Phi) is 1.30. The molecule has 0 heterocycles. The largest absolute Gasteiger partial charge is 0.402 e. The van der Waals surface area contributed by atoms with Gasteiger partial charge in [-0.15, -0.1) is 0 Å². The van der Waals surface area contributed by atoms with E-state index in [4.69, 9.17) is 5.73 Å². The van der Waals surface area contributed by atoms with Crippen LogP contribution in [-0.4, -0.2) is 0 Å². The van der Waals surface area contributed by atoms with Gasteiger partial charge in [-0.3, -0.25) is 0 Å². The predicted molar refractivity (Wildman–Crippen MR) is 53.9 cm³/mol. The summed E-state index contributed by atoms with van der Waals surface area (Å²) < 4.78 is 0. The van der Waals surface area contributed by atoms with Crippen LogP contribution in [0.25, 0.3) is 0 Å². The van der Waals surface area contributed by atoms with Crippen LogP contribution in [-0.2, 0) is 0 Å². The van der Waals surface area contributed by atoms with Gasteiger partial charge >= 0.3 is 0 Å². The van der Waals surface area contributed by atoms with Crippen LogP contribution < -0.4 is 5.73 Å². The molecule has 13 heavy (non-hydrogen) atoms. The lowest BCUT2D eigenvalue weighted by Crippen LogP contribution is -2.12. The molecule has 3 aliphatic carbocycles. The molecule has 0 radical (unpaired) electrons. The van der Waals surface area contributed by atoms with Gasteiger partial charge in [0.05, 0.1) is 0 Å². The summed E-state index contributed by atoms with van der Waals surface area (Å²) in [5.74, 6) is 1.65. The summed E-state index contributed by atoms with van der Waals surface area (Å²) in [7, 11) is 0. The zero-order valence-corrected chi connectivity index (χ0v) is 7.84. The van der Waals surface area contributed by atoms with Crippen molar-refractivity contribution in [3.05, 3.63) is 35.1 Å². The van der Waals surface area contributed by atoms with Crippen molar-refractivity contribution in [3.63, 3.8) is 0 Å². The molecule has 1 saturated carbocycles. The van der Waals surface area contributed by atoms with Crippen molar-refractivity contribution in [1.29, 1.82) is 0 Å². The topological polar surface area (TPSA) is 26.0 Å². The fourth-order valence-corrected chi connectivity index (χ4v) is 3.26. The third-order valence-corrected chi connectivity index (χ3v) is 3.73. The van der Waals surface area contributed by atoms with Crippen molar-refractivity contribution >= 4 is 0 Å². The summed E-state index contributed by atoms with van der Waals surface area (Å²) in [5.41, 5.74) is 11.3. The minimum Gasteiger partial charge on any atom is -0.402 e. The van der Waals surface area contributed by atoms with Gasteiger partial charge in [-0.2, -0.15) is 0 Å². The second-order valence-corrected chi connectivity index (χ2v) is 4.58. The highest BCUT2D eigenvalue weighted by atomic mass is 14.6. The average Bonchev–Trinajstić information content (AvgIpc) is 2.62. The Morgan fingerprint density at radius 2 is 2.08 bits per heavy atom. The first-order chi connectivity index (χ1) is 6.25. The maximum Gasteiger partial charge on any atom is 0.0128 e. The molecule has 3 rings (SSSR count). The molecule has 2 atom stereocenters. The number of fused-ring (bicyclic) bond motifs is 4. The molecule has 2 bridgehead atoms. The van der Waals surface area contributed by atoms with Gasteiger partial charge in [0.15, 0.2) is 0 Å². The first-order valence-electron chi connectivity index (χ1n) is 5.14. The van der Waals surface area contributed by atoms with E-state index in [2.05, 4.69) is 12.7 Å². The van der Waals surface area contributed by atoms with Crippen molar-refractivity contribution < 1.29 is 0 Å². The minimum atomic E-state index is 0.815. The first-order valence-corrected chi connectivity index (χ1v) is 5.14. The zero-order valence-electron chi connectivity index (χ0n) is 7.84. The van der Waals surface area contributed by atoms with Crippen LogP contribution in [0.4, 0.5) is 0 Å². The second-order valence-electron chi connectivity index (χ2n) is 4.58. The van der Waals surface area contributed by atoms with Crippen molar-refractivity contribution in [3.8, 4) is 0 Å². The van der Waals surface area contributed by atoms with Crippen LogP contribution in [0.3, 0.4) is 0 Å². The van der Waals surface area contributed by atoms with Gasteiger partial charge in [0.1, 0.15) is 0 Å². The van der Waals surface area contributed by atoms with Crippen LogP contribution in [0, 0.1) is 11.8 Å². The van der Waals surface area contributed by atoms with Gasteiger partial charge in [-0.1, -0.05) is 6.58 Å². The lowest BCUT2D eigenvalue weighted by Gasteiger charge is -2.24. The predicted octanol–water partition coefficient (Wildman–Crippen LogP) is 2.52. The van der Waals surface area contributed by atoms with Crippen molar-refractivity contribution in [1.82, 2.24) is 0 Å². The molecule has 0 aliphatic heterocycles. The second kappa shape index (κ2) is 2.28. The molecule has 0 saturated heterocycles. The van der Waals surface area contributed by atoms with Gasteiger partial charge in [0.2, 0.25) is 0 Å². The van der Waals surface area contributed by atoms with Gasteiger partial charge in [0.25, 0.3) is 0 Å². The summed E-state index contributed by atoms with van der Waals surface area (Å²) in [6.45, 7) is 4.15. The van der Waals surface area contributed by atoms with E-state index >= 15 is 0 Å². The van der Waals surface area contributed by atoms with Gasteiger partial charge < -0.3 is 5.73 Å². The summed E-state index contributed by atoms with van der Waals surface area (Å²) in [4.78, 5) is 0. The Labute approximate surface area is 79.0 Å². The van der Waals surface area contributed by atoms with Crippen molar-refractivity contribution in [2.24, 2.45) is 17.6 Å². The normalized spacial score (nSPS) is 36.6. The number of allylic oxidation sites excluding steroid dienone is 4. The number of rotatable bonds is 0. The van der Waals surface area contributed by atoms with E-state index in [0.29, 0.717) is 0 Å². The highest BCUT2D eigenvalue weighted by Crippen LogP contribution is 2.53. The number of hydrogen-bond donors (Lipinski definition) is 1. The lowest BCUT2D eigenvalue weighted by atomic mass is 9.82. The highest BCUT2D eigenvalue weighted by Gasteiger charge is 2.40. The summed E-state index contributed by atoms with van der Waals surface area (Å²) in [6, 6.07) is 0. The smallest absolute Gasteiger partial charge is 0.0128 e. The monoisotopic (exact) mass is 173 g/mol. The molecule has 3 aliphatic rings. The number of hydrogen-bond acceptors (Lipinski definition) is 1. The Morgan fingerprint density at radius 1 is 1.31 bits per heavy atom. The third-order valence-electron chi connectivity index (χ3n) is 3.73. The van der Waals surface area contributed by atoms with E-state index in [1.165, 1.54) is 30.4 Å². The molecule has 2 unspecified atom stereocenters. The van der Waals surface area contributed by atoms with Gasteiger partial charge in [-0.05, 0) is 53.9 Å². The summed E-state index contributed by atoms with van der Waals surface area (Å²) in [5, 5.41) is 0. The standard InChI is InChI=1S/C12H15N/c1-7-4-10(13)6-11-8-2-3-9(5-8)12(7)11/h6,8-9H,1-5,13H2. The van der Waals surface area contributed by atoms with Crippen LogP contribution >= 0.6 is 0 Å². The fraction of sp³-hybridized carbons (Fsp3) is 0.500. The van der Waals surface area contributed by atoms with Crippen molar-refractivity contribution in [2.45, 2.75) is 25.7 Å². The van der Waals surface area contributed by atoms with E-state index in [1.54, 1.807) is 5.57 Å². The zero-order chi connectivity index (χ0) is 9.00. The average molecular weight is 173 g/mol. The Morgan fingerprint density at radius 3 is 2.92 bits per heavy atom. The highest BCUT2D eigenvalue weighted by molar-refractivity contribution is 5.52. The maximum absolute atomic E-state index is 5.88. The minimum absolute atomic E-state index is 0.815. The van der Waals surface area contributed by atoms with E-state index in [0.717, 1.165) is 24.0 Å². The molecule has 2 N–H and O–H groups in total. The molecule has 0 aromatic heterocycles. The van der Waals surface area contributed by atoms with Crippen LogP contribution in [0.5, 0.6) is 0 Å². The van der Waals surface area contributed by atoms with E-state index in [9.17, 15) is 0 Å². The Balaban J connectivity index is 2.13. The quantitative estimate of drug-likeness (QED) is 0.598. The SMILES string of the molecule is C=C1CC(N)=CC2=C1C1CCC2C1. The van der Waals surface area contributed by atoms with Crippen LogP contribution in [0.2, 0.25) is 0 Å². The molecular weight excluding hydrogens is 158 g/mol. The van der Waals surface area contributed by atoms with Crippen LogP contribution in [0.1, 0.15) is 25.7 Å². The van der Waals surface area contributed by atoms with E-state index in [1.807, 2.05) is 0 Å². The van der Waals surface area contributed by atoms with Gasteiger partial charge in [-0.25, -0.2) is 0 Å². The van der Waals surface area contributed by atoms with Gasteiger partial charge in [0, 0.05) is 12.1 Å². The molecule has 0 amide bonds. The Bertz CT molecular complexity index is 346. The van der Waals surface area contributed by atoms with E-state index < -0.39 is 0 Å². The third kappa shape index (κ3) is 0.874. The molecular formula is C12H15N. The fourth-order valence-electron chi connectivity index (χ4n) is 3.26. The molecule has 1 fully saturated rings. The van der Waals surface area contributed by atoms with E-state index in [-0.39, 0.29) is 0 Å². The molecule has 0 spiro atoms. The lowest BCUT2D eigenvalue weighted by molar-refractivity contribution is 0.652. The summed E-state index contributed by atoms with van der Waals surface area (Å²) in [6.07, 6.45) is 7.25. The molecule has 0 aromatic rings. The van der Waals surface area contributed by atoms with Crippen LogP contribution in [0.15, 0.2) is 35.1 Å². The maximum atomic E-state index is 5.88. The molecule has 1 nitrogen and oxygen atoms in total. The molecule has 0 aromatic carbocycles. The first kappa shape index (κ1) is 7.43. The number of nitrogens with two attached hydrogens (primary N) is 1.